The number of nitrogens with zero attached hydrogens (tertiary/aromatic N) is 2. The molecule has 5 rings (SSSR count). The van der Waals surface area contributed by atoms with Crippen LogP contribution in [0.15, 0.2) is 53.2 Å². The first-order valence-corrected chi connectivity index (χ1v) is 11.9. The number of carbonyl (C=O) groups excluding carboxylic acids is 2. The van der Waals surface area contributed by atoms with Gasteiger partial charge in [0.1, 0.15) is 5.75 Å². The first-order valence-electron chi connectivity index (χ1n) is 10.1. The molecule has 7 heteroatoms. The molecule has 2 aliphatic heterocycles. The fraction of sp³-hybridized carbons (Fsp3) is 0.304. The van der Waals surface area contributed by atoms with Crippen molar-refractivity contribution in [2.24, 2.45) is 0 Å². The minimum Gasteiger partial charge on any atom is -0.479 e. The van der Waals surface area contributed by atoms with Gasteiger partial charge in [-0.1, -0.05) is 18.2 Å². The van der Waals surface area contributed by atoms with E-state index in [4.69, 9.17) is 4.74 Å². The summed E-state index contributed by atoms with van der Waals surface area (Å²) in [6.07, 6.45) is 0.627. The SMILES string of the molecule is CC1Oc2ccccc2N(CCC(=O)N2CCc3sccc3C2c2cccs2)C1=O. The number of ether oxygens (including phenoxy) is 1. The molecule has 3 aromatic rings. The second-order valence-electron chi connectivity index (χ2n) is 7.52. The molecular weight excluding hydrogens is 416 g/mol. The number of para-hydroxylation sites is 2. The molecule has 0 aliphatic carbocycles. The lowest BCUT2D eigenvalue weighted by atomic mass is 9.98. The smallest absolute Gasteiger partial charge is 0.267 e. The maximum absolute atomic E-state index is 13.3. The monoisotopic (exact) mass is 438 g/mol. The number of hydrogen-bond donors (Lipinski definition) is 0. The molecule has 0 bridgehead atoms. The van der Waals surface area contributed by atoms with E-state index in [1.54, 1.807) is 34.5 Å². The van der Waals surface area contributed by atoms with Crippen LogP contribution in [0.3, 0.4) is 0 Å². The standard InChI is InChI=1S/C23H22N2O3S2/c1-15-23(27)24(17-5-2-3-6-18(17)28-15)12-9-21(26)25-11-8-19-16(10-14-30-19)22(25)20-7-4-13-29-20/h2-7,10,13-15,22H,8-9,11-12H2,1H3. The highest BCUT2D eigenvalue weighted by Gasteiger charge is 2.35. The van der Waals surface area contributed by atoms with Gasteiger partial charge in [-0.15, -0.1) is 22.7 Å². The van der Waals surface area contributed by atoms with E-state index in [1.165, 1.54) is 15.3 Å². The Hall–Kier alpha value is -2.64. The molecule has 30 heavy (non-hydrogen) atoms. The second-order valence-corrected chi connectivity index (χ2v) is 9.50. The van der Waals surface area contributed by atoms with Crippen molar-refractivity contribution in [3.63, 3.8) is 0 Å². The molecular formula is C23H22N2O3S2. The summed E-state index contributed by atoms with van der Waals surface area (Å²) < 4.78 is 5.71. The fourth-order valence-electron chi connectivity index (χ4n) is 4.28. The highest BCUT2D eigenvalue weighted by molar-refractivity contribution is 7.10. The number of rotatable bonds is 4. The third-order valence-electron chi connectivity index (χ3n) is 5.72. The molecule has 4 heterocycles. The first-order chi connectivity index (χ1) is 14.6. The molecule has 2 aliphatic rings. The van der Waals surface area contributed by atoms with Crippen molar-refractivity contribution in [2.75, 3.05) is 18.0 Å². The largest absolute Gasteiger partial charge is 0.479 e. The van der Waals surface area contributed by atoms with Crippen molar-refractivity contribution < 1.29 is 14.3 Å². The normalized spacial score (nSPS) is 20.5. The average Bonchev–Trinajstić information content (AvgIpc) is 3.45. The Balaban J connectivity index is 1.37. The summed E-state index contributed by atoms with van der Waals surface area (Å²) in [6, 6.07) is 13.8. The number of carbonyl (C=O) groups is 2. The lowest BCUT2D eigenvalue weighted by Gasteiger charge is -2.37. The van der Waals surface area contributed by atoms with Gasteiger partial charge in [0.15, 0.2) is 6.10 Å². The Morgan fingerprint density at radius 1 is 1.13 bits per heavy atom. The highest BCUT2D eigenvalue weighted by Crippen LogP contribution is 2.40. The number of benzene rings is 1. The maximum Gasteiger partial charge on any atom is 0.267 e. The third-order valence-corrected chi connectivity index (χ3v) is 7.64. The van der Waals surface area contributed by atoms with Crippen LogP contribution >= 0.6 is 22.7 Å². The van der Waals surface area contributed by atoms with Crippen molar-refractivity contribution in [1.29, 1.82) is 0 Å². The van der Waals surface area contributed by atoms with Crippen LogP contribution in [0, 0.1) is 0 Å². The molecule has 154 valence electrons. The predicted octanol–water partition coefficient (Wildman–Crippen LogP) is 4.49. The van der Waals surface area contributed by atoms with Gasteiger partial charge in [0.05, 0.1) is 11.7 Å². The zero-order chi connectivity index (χ0) is 20.7. The average molecular weight is 439 g/mol. The van der Waals surface area contributed by atoms with Crippen LogP contribution in [-0.2, 0) is 16.0 Å². The number of amides is 2. The molecule has 0 spiro atoms. The number of anilines is 1. The van der Waals surface area contributed by atoms with E-state index in [-0.39, 0.29) is 24.3 Å². The van der Waals surface area contributed by atoms with Crippen molar-refractivity contribution in [3.8, 4) is 5.75 Å². The predicted molar refractivity (Wildman–Crippen MR) is 119 cm³/mol. The Kier molecular flexibility index (Phi) is 5.08. The lowest BCUT2D eigenvalue weighted by molar-refractivity contribution is -0.133. The summed E-state index contributed by atoms with van der Waals surface area (Å²) in [7, 11) is 0. The Bertz CT molecular complexity index is 1080. The molecule has 0 fully saturated rings. The van der Waals surface area contributed by atoms with Gasteiger partial charge in [-0.25, -0.2) is 0 Å². The van der Waals surface area contributed by atoms with Gasteiger partial charge in [-0.2, -0.15) is 0 Å². The van der Waals surface area contributed by atoms with E-state index in [0.29, 0.717) is 18.8 Å². The molecule has 2 amide bonds. The quantitative estimate of drug-likeness (QED) is 0.603. The van der Waals surface area contributed by atoms with Crippen molar-refractivity contribution in [2.45, 2.75) is 31.9 Å². The topological polar surface area (TPSA) is 49.9 Å². The molecule has 0 radical (unpaired) electrons. The molecule has 0 saturated carbocycles. The summed E-state index contributed by atoms with van der Waals surface area (Å²) in [5.74, 6) is 0.666. The van der Waals surface area contributed by atoms with E-state index in [2.05, 4.69) is 22.9 Å². The van der Waals surface area contributed by atoms with Crippen LogP contribution in [0.2, 0.25) is 0 Å². The van der Waals surface area contributed by atoms with Crippen molar-refractivity contribution >= 4 is 40.2 Å². The van der Waals surface area contributed by atoms with E-state index >= 15 is 0 Å². The molecule has 2 atom stereocenters. The van der Waals surface area contributed by atoms with Gasteiger partial charge in [0.2, 0.25) is 5.91 Å². The highest BCUT2D eigenvalue weighted by atomic mass is 32.1. The third kappa shape index (κ3) is 3.32. The van der Waals surface area contributed by atoms with Gasteiger partial charge in [-0.05, 0) is 53.9 Å². The van der Waals surface area contributed by atoms with Crippen molar-refractivity contribution in [3.05, 3.63) is 68.5 Å². The van der Waals surface area contributed by atoms with Crippen LogP contribution in [0.5, 0.6) is 5.75 Å². The molecule has 2 unspecified atom stereocenters. The van der Waals surface area contributed by atoms with Gasteiger partial charge in [-0.3, -0.25) is 9.59 Å². The first kappa shape index (κ1) is 19.3. The van der Waals surface area contributed by atoms with Gasteiger partial charge < -0.3 is 14.5 Å². The van der Waals surface area contributed by atoms with E-state index in [9.17, 15) is 9.59 Å². The van der Waals surface area contributed by atoms with Crippen LogP contribution in [0.1, 0.15) is 34.7 Å². The molecule has 5 nitrogen and oxygen atoms in total. The molecule has 2 aromatic heterocycles. The summed E-state index contributed by atoms with van der Waals surface area (Å²) in [5, 5.41) is 4.17. The van der Waals surface area contributed by atoms with Gasteiger partial charge in [0.25, 0.3) is 5.91 Å². The van der Waals surface area contributed by atoms with Crippen LogP contribution < -0.4 is 9.64 Å². The van der Waals surface area contributed by atoms with Crippen molar-refractivity contribution in [1.82, 2.24) is 4.90 Å². The Morgan fingerprint density at radius 2 is 2.00 bits per heavy atom. The van der Waals surface area contributed by atoms with Gasteiger partial charge in [0, 0.05) is 29.3 Å². The second kappa shape index (κ2) is 7.89. The van der Waals surface area contributed by atoms with E-state index in [1.807, 2.05) is 35.2 Å². The zero-order valence-corrected chi connectivity index (χ0v) is 18.2. The van der Waals surface area contributed by atoms with Crippen LogP contribution in [0.4, 0.5) is 5.69 Å². The minimum absolute atomic E-state index is 0.0286. The zero-order valence-electron chi connectivity index (χ0n) is 16.6. The lowest BCUT2D eigenvalue weighted by Crippen LogP contribution is -2.47. The molecule has 0 saturated heterocycles. The molecule has 0 N–H and O–H groups in total. The number of thiophene rings is 2. The van der Waals surface area contributed by atoms with E-state index in [0.717, 1.165) is 12.1 Å². The van der Waals surface area contributed by atoms with E-state index < -0.39 is 6.10 Å². The molecule has 1 aromatic carbocycles. The Labute approximate surface area is 183 Å². The fourth-order valence-corrected chi connectivity index (χ4v) is 6.04. The number of hydrogen-bond acceptors (Lipinski definition) is 5. The number of fused-ring (bicyclic) bond motifs is 2. The summed E-state index contributed by atoms with van der Waals surface area (Å²) in [4.78, 5) is 32.3. The minimum atomic E-state index is -0.544. The maximum atomic E-state index is 13.3. The summed E-state index contributed by atoms with van der Waals surface area (Å²) in [5.41, 5.74) is 1.98. The summed E-state index contributed by atoms with van der Waals surface area (Å²) in [6.45, 7) is 2.81. The Morgan fingerprint density at radius 3 is 2.83 bits per heavy atom. The van der Waals surface area contributed by atoms with Crippen LogP contribution in [0.25, 0.3) is 0 Å². The summed E-state index contributed by atoms with van der Waals surface area (Å²) >= 11 is 3.45. The van der Waals surface area contributed by atoms with Crippen LogP contribution in [-0.4, -0.2) is 35.9 Å². The van der Waals surface area contributed by atoms with Gasteiger partial charge >= 0.3 is 0 Å².